The van der Waals surface area contributed by atoms with Crippen LogP contribution in [-0.4, -0.2) is 32.4 Å². The van der Waals surface area contributed by atoms with Crippen LogP contribution in [0.4, 0.5) is 5.69 Å². The fourth-order valence-electron chi connectivity index (χ4n) is 4.12. The number of aryl methyl sites for hydroxylation is 2. The summed E-state index contributed by atoms with van der Waals surface area (Å²) >= 11 is 0. The minimum atomic E-state index is 0.279. The van der Waals surface area contributed by atoms with E-state index in [1.165, 1.54) is 28.2 Å². The van der Waals surface area contributed by atoms with E-state index in [0.717, 1.165) is 31.7 Å². The van der Waals surface area contributed by atoms with Crippen LogP contribution in [-0.2, 0) is 13.0 Å². The second kappa shape index (κ2) is 6.63. The third kappa shape index (κ3) is 2.91. The average Bonchev–Trinajstić information content (AvgIpc) is 3.32. The third-order valence-corrected chi connectivity index (χ3v) is 5.38. The molecule has 0 fully saturated rings. The van der Waals surface area contributed by atoms with Gasteiger partial charge in [0.25, 0.3) is 0 Å². The number of benzene rings is 1. The van der Waals surface area contributed by atoms with Crippen molar-refractivity contribution in [1.82, 2.24) is 19.3 Å². The van der Waals surface area contributed by atoms with E-state index in [4.69, 9.17) is 0 Å². The van der Waals surface area contributed by atoms with Crippen LogP contribution >= 0.6 is 0 Å². The highest BCUT2D eigenvalue weighted by Gasteiger charge is 2.19. The fraction of sp³-hybridized carbons (Fsp3) is 0.429. The molecule has 5 heteroatoms. The molecule has 3 aromatic rings. The Bertz CT molecular complexity index is 920. The van der Waals surface area contributed by atoms with Crippen LogP contribution in [0.15, 0.2) is 36.8 Å². The first-order valence-electron chi connectivity index (χ1n) is 9.48. The summed E-state index contributed by atoms with van der Waals surface area (Å²) < 4.78 is 4.36. The zero-order valence-electron chi connectivity index (χ0n) is 16.1. The van der Waals surface area contributed by atoms with Gasteiger partial charge in [-0.25, -0.2) is 4.98 Å². The lowest BCUT2D eigenvalue weighted by Crippen LogP contribution is -2.19. The van der Waals surface area contributed by atoms with Crippen LogP contribution in [0, 0.1) is 13.8 Å². The zero-order valence-corrected chi connectivity index (χ0v) is 16.1. The standard InChI is InChI=1S/C21H27N5/c1-5-24-9-8-19-11-18(6-7-20(19)24)21-12-22-14-25(21)13-17(4)26-16(3)10-15(2)23-26/h6-7,10-12,14,17H,5,8-9,13H2,1-4H3/t17-/m0/s1. The van der Waals surface area contributed by atoms with Gasteiger partial charge in [-0.3, -0.25) is 4.68 Å². The molecule has 1 aromatic carbocycles. The van der Waals surface area contributed by atoms with Crippen molar-refractivity contribution in [2.24, 2.45) is 0 Å². The van der Waals surface area contributed by atoms with Gasteiger partial charge in [-0.1, -0.05) is 6.07 Å². The molecule has 0 amide bonds. The van der Waals surface area contributed by atoms with E-state index in [1.54, 1.807) is 0 Å². The topological polar surface area (TPSA) is 38.9 Å². The maximum absolute atomic E-state index is 4.64. The van der Waals surface area contributed by atoms with Gasteiger partial charge in [0.1, 0.15) is 0 Å². The van der Waals surface area contributed by atoms with Crippen molar-refractivity contribution >= 4 is 5.69 Å². The van der Waals surface area contributed by atoms with Gasteiger partial charge in [0.05, 0.1) is 30.0 Å². The van der Waals surface area contributed by atoms with Crippen molar-refractivity contribution in [2.45, 2.75) is 46.7 Å². The van der Waals surface area contributed by atoms with E-state index >= 15 is 0 Å². The van der Waals surface area contributed by atoms with Crippen LogP contribution in [0.1, 0.15) is 36.8 Å². The van der Waals surface area contributed by atoms with E-state index in [1.807, 2.05) is 19.4 Å². The number of likely N-dealkylation sites (N-methyl/N-ethyl adjacent to an activating group) is 1. The van der Waals surface area contributed by atoms with Crippen molar-refractivity contribution < 1.29 is 0 Å². The Morgan fingerprint density at radius 3 is 2.77 bits per heavy atom. The molecule has 2 aromatic heterocycles. The first-order chi connectivity index (χ1) is 12.6. The maximum Gasteiger partial charge on any atom is 0.0951 e. The Kier molecular flexibility index (Phi) is 4.31. The number of anilines is 1. The molecule has 1 aliphatic rings. The molecule has 0 bridgehead atoms. The summed E-state index contributed by atoms with van der Waals surface area (Å²) in [5.74, 6) is 0. The van der Waals surface area contributed by atoms with Crippen LogP contribution in [0.2, 0.25) is 0 Å². The number of hydrogen-bond acceptors (Lipinski definition) is 3. The predicted octanol–water partition coefficient (Wildman–Crippen LogP) is 4.01. The molecule has 0 unspecified atom stereocenters. The molecule has 3 heterocycles. The second-order valence-corrected chi connectivity index (χ2v) is 7.33. The number of rotatable bonds is 5. The number of nitrogens with zero attached hydrogens (tertiary/aromatic N) is 5. The van der Waals surface area contributed by atoms with Gasteiger partial charge < -0.3 is 9.47 Å². The Hall–Kier alpha value is -2.56. The molecule has 0 spiro atoms. The molecular weight excluding hydrogens is 322 g/mol. The summed E-state index contributed by atoms with van der Waals surface area (Å²) in [7, 11) is 0. The van der Waals surface area contributed by atoms with Gasteiger partial charge in [0.2, 0.25) is 0 Å². The van der Waals surface area contributed by atoms with Gasteiger partial charge in [0, 0.05) is 36.6 Å². The highest BCUT2D eigenvalue weighted by atomic mass is 15.3. The van der Waals surface area contributed by atoms with Crippen molar-refractivity contribution in [2.75, 3.05) is 18.0 Å². The fourth-order valence-corrected chi connectivity index (χ4v) is 4.12. The van der Waals surface area contributed by atoms with E-state index < -0.39 is 0 Å². The van der Waals surface area contributed by atoms with Crippen LogP contribution in [0.25, 0.3) is 11.3 Å². The molecule has 0 N–H and O–H groups in total. The number of imidazole rings is 1. The minimum Gasteiger partial charge on any atom is -0.371 e. The van der Waals surface area contributed by atoms with Gasteiger partial charge in [-0.05, 0) is 57.9 Å². The minimum absolute atomic E-state index is 0.279. The molecule has 1 aliphatic heterocycles. The van der Waals surface area contributed by atoms with E-state index in [2.05, 4.69) is 69.3 Å². The van der Waals surface area contributed by atoms with E-state index in [0.29, 0.717) is 0 Å². The van der Waals surface area contributed by atoms with Gasteiger partial charge in [-0.2, -0.15) is 5.10 Å². The average molecular weight is 349 g/mol. The Balaban J connectivity index is 1.61. The van der Waals surface area contributed by atoms with Gasteiger partial charge >= 0.3 is 0 Å². The molecule has 0 saturated carbocycles. The smallest absolute Gasteiger partial charge is 0.0951 e. The third-order valence-electron chi connectivity index (χ3n) is 5.38. The summed E-state index contributed by atoms with van der Waals surface area (Å²) in [5.41, 5.74) is 7.53. The zero-order chi connectivity index (χ0) is 18.3. The van der Waals surface area contributed by atoms with Gasteiger partial charge in [0.15, 0.2) is 0 Å². The summed E-state index contributed by atoms with van der Waals surface area (Å²) in [6.07, 6.45) is 5.04. The Labute approximate surface area is 155 Å². The van der Waals surface area contributed by atoms with Crippen molar-refractivity contribution in [3.63, 3.8) is 0 Å². The molecule has 26 heavy (non-hydrogen) atoms. The predicted molar refractivity (Wildman–Crippen MR) is 106 cm³/mol. The molecule has 0 saturated heterocycles. The van der Waals surface area contributed by atoms with Crippen LogP contribution in [0.3, 0.4) is 0 Å². The lowest BCUT2D eigenvalue weighted by atomic mass is 10.1. The van der Waals surface area contributed by atoms with E-state index in [9.17, 15) is 0 Å². The molecule has 1 atom stereocenters. The van der Waals surface area contributed by atoms with Gasteiger partial charge in [-0.15, -0.1) is 0 Å². The largest absolute Gasteiger partial charge is 0.371 e. The number of fused-ring (bicyclic) bond motifs is 1. The molecular formula is C21H27N5. The normalized spacial score (nSPS) is 14.7. The Morgan fingerprint density at radius 1 is 1.19 bits per heavy atom. The Morgan fingerprint density at radius 2 is 2.04 bits per heavy atom. The lowest BCUT2D eigenvalue weighted by Gasteiger charge is -2.18. The maximum atomic E-state index is 4.64. The SMILES string of the molecule is CCN1CCc2cc(-c3cncn3C[C@H](C)n3nc(C)cc3C)ccc21. The van der Waals surface area contributed by atoms with E-state index in [-0.39, 0.29) is 6.04 Å². The van der Waals surface area contributed by atoms with Crippen LogP contribution in [0.5, 0.6) is 0 Å². The monoisotopic (exact) mass is 349 g/mol. The number of hydrogen-bond donors (Lipinski definition) is 0. The summed E-state index contributed by atoms with van der Waals surface area (Å²) in [5, 5.41) is 4.64. The quantitative estimate of drug-likeness (QED) is 0.699. The van der Waals surface area contributed by atoms with Crippen molar-refractivity contribution in [1.29, 1.82) is 0 Å². The summed E-state index contributed by atoms with van der Waals surface area (Å²) in [6.45, 7) is 11.7. The highest BCUT2D eigenvalue weighted by molar-refractivity contribution is 5.68. The molecule has 4 rings (SSSR count). The first-order valence-corrected chi connectivity index (χ1v) is 9.48. The summed E-state index contributed by atoms with van der Waals surface area (Å²) in [4.78, 5) is 6.87. The lowest BCUT2D eigenvalue weighted by molar-refractivity contribution is 0.418. The number of aromatic nitrogens is 4. The highest BCUT2D eigenvalue weighted by Crippen LogP contribution is 2.32. The summed E-state index contributed by atoms with van der Waals surface area (Å²) in [6, 6.07) is 9.25. The second-order valence-electron chi connectivity index (χ2n) is 7.33. The molecule has 0 aliphatic carbocycles. The first kappa shape index (κ1) is 16.9. The van der Waals surface area contributed by atoms with Crippen molar-refractivity contribution in [3.8, 4) is 11.3 Å². The van der Waals surface area contributed by atoms with Crippen molar-refractivity contribution in [3.05, 3.63) is 53.7 Å². The molecule has 136 valence electrons. The molecule has 0 radical (unpaired) electrons. The van der Waals surface area contributed by atoms with Crippen LogP contribution < -0.4 is 4.90 Å². The molecule has 5 nitrogen and oxygen atoms in total.